The van der Waals surface area contributed by atoms with E-state index in [1.165, 1.54) is 4.68 Å². The zero-order valence-corrected chi connectivity index (χ0v) is 18.1. The van der Waals surface area contributed by atoms with Crippen LogP contribution in [0.5, 0.6) is 11.5 Å². The standard InChI is InChI=1S/C24H27N3O4/c1-4-19(16-9-10-20-21(13-16)31-12-11-30-20)25-23(28)22-17-7-5-6-8-18(17)24(29)27(26-22)14-15(2)3/h5-10,13,15,19H,4,11-12,14H2,1-3H3,(H,25,28). The van der Waals surface area contributed by atoms with E-state index < -0.39 is 0 Å². The van der Waals surface area contributed by atoms with Gasteiger partial charge in [0, 0.05) is 11.9 Å². The van der Waals surface area contributed by atoms with Crippen molar-refractivity contribution in [2.75, 3.05) is 13.2 Å². The second kappa shape index (κ2) is 8.79. The lowest BCUT2D eigenvalue weighted by molar-refractivity contribution is 0.0929. The van der Waals surface area contributed by atoms with Gasteiger partial charge in [-0.25, -0.2) is 4.68 Å². The van der Waals surface area contributed by atoms with Gasteiger partial charge >= 0.3 is 0 Å². The van der Waals surface area contributed by atoms with E-state index in [9.17, 15) is 9.59 Å². The molecular weight excluding hydrogens is 394 g/mol. The molecule has 1 atom stereocenters. The number of ether oxygens (including phenoxy) is 2. The molecule has 0 spiro atoms. The number of nitrogens with zero attached hydrogens (tertiary/aromatic N) is 2. The minimum Gasteiger partial charge on any atom is -0.486 e. The normalized spacial score (nSPS) is 13.9. The zero-order valence-electron chi connectivity index (χ0n) is 18.1. The van der Waals surface area contributed by atoms with Crippen LogP contribution in [-0.2, 0) is 6.54 Å². The highest BCUT2D eigenvalue weighted by Crippen LogP contribution is 2.33. The summed E-state index contributed by atoms with van der Waals surface area (Å²) in [6.07, 6.45) is 0.689. The summed E-state index contributed by atoms with van der Waals surface area (Å²) in [6.45, 7) is 7.52. The summed E-state index contributed by atoms with van der Waals surface area (Å²) in [4.78, 5) is 26.1. The molecule has 7 nitrogen and oxygen atoms in total. The van der Waals surface area contributed by atoms with E-state index in [4.69, 9.17) is 9.47 Å². The predicted molar refractivity (Wildman–Crippen MR) is 119 cm³/mol. The Kier molecular flexibility index (Phi) is 5.93. The van der Waals surface area contributed by atoms with Crippen LogP contribution in [0, 0.1) is 5.92 Å². The molecule has 1 unspecified atom stereocenters. The van der Waals surface area contributed by atoms with Crippen molar-refractivity contribution < 1.29 is 14.3 Å². The van der Waals surface area contributed by atoms with Gasteiger partial charge in [0.15, 0.2) is 17.2 Å². The number of amides is 1. The number of hydrogen-bond acceptors (Lipinski definition) is 5. The summed E-state index contributed by atoms with van der Waals surface area (Å²) in [7, 11) is 0. The molecule has 1 aromatic heterocycles. The first-order valence-corrected chi connectivity index (χ1v) is 10.7. The van der Waals surface area contributed by atoms with E-state index in [2.05, 4.69) is 10.4 Å². The van der Waals surface area contributed by atoms with E-state index in [0.717, 1.165) is 5.56 Å². The fourth-order valence-corrected chi connectivity index (χ4v) is 3.80. The van der Waals surface area contributed by atoms with Crippen LogP contribution < -0.4 is 20.3 Å². The maximum absolute atomic E-state index is 13.3. The Labute approximate surface area is 181 Å². The van der Waals surface area contributed by atoms with Crippen molar-refractivity contribution in [3.05, 3.63) is 64.1 Å². The molecule has 0 radical (unpaired) electrons. The summed E-state index contributed by atoms with van der Waals surface area (Å²) in [5, 5.41) is 8.58. The van der Waals surface area contributed by atoms with Crippen molar-refractivity contribution in [1.29, 1.82) is 0 Å². The number of nitrogens with one attached hydrogen (secondary N) is 1. The van der Waals surface area contributed by atoms with E-state index in [0.29, 0.717) is 48.5 Å². The smallest absolute Gasteiger partial charge is 0.274 e. The number of hydrogen-bond donors (Lipinski definition) is 1. The van der Waals surface area contributed by atoms with Crippen LogP contribution in [0.4, 0.5) is 0 Å². The monoisotopic (exact) mass is 421 g/mol. The third-order valence-corrected chi connectivity index (χ3v) is 5.30. The molecule has 0 fully saturated rings. The second-order valence-electron chi connectivity index (χ2n) is 8.11. The molecule has 162 valence electrons. The fourth-order valence-electron chi connectivity index (χ4n) is 3.80. The molecule has 1 amide bonds. The summed E-state index contributed by atoms with van der Waals surface area (Å²) in [5.74, 6) is 1.31. The molecule has 31 heavy (non-hydrogen) atoms. The van der Waals surface area contributed by atoms with E-state index in [-0.39, 0.29) is 29.1 Å². The highest BCUT2D eigenvalue weighted by Gasteiger charge is 2.22. The lowest BCUT2D eigenvalue weighted by atomic mass is 10.0. The highest BCUT2D eigenvalue weighted by atomic mass is 16.6. The first-order chi connectivity index (χ1) is 15.0. The predicted octanol–water partition coefficient (Wildman–Crippen LogP) is 3.70. The van der Waals surface area contributed by atoms with Crippen molar-refractivity contribution in [1.82, 2.24) is 15.1 Å². The molecule has 0 bridgehead atoms. The van der Waals surface area contributed by atoms with Crippen molar-refractivity contribution in [3.8, 4) is 11.5 Å². The lowest BCUT2D eigenvalue weighted by Gasteiger charge is -2.22. The molecule has 0 aliphatic carbocycles. The van der Waals surface area contributed by atoms with Crippen LogP contribution in [0.15, 0.2) is 47.3 Å². The van der Waals surface area contributed by atoms with Crippen LogP contribution in [0.25, 0.3) is 10.8 Å². The SMILES string of the molecule is CCC(NC(=O)c1nn(CC(C)C)c(=O)c2ccccc12)c1ccc2c(c1)OCCO2. The maximum Gasteiger partial charge on any atom is 0.274 e. The number of fused-ring (bicyclic) bond motifs is 2. The molecular formula is C24H27N3O4. The lowest BCUT2D eigenvalue weighted by Crippen LogP contribution is -2.33. The van der Waals surface area contributed by atoms with Crippen LogP contribution in [0.1, 0.15) is 49.3 Å². The minimum absolute atomic E-state index is 0.181. The third-order valence-electron chi connectivity index (χ3n) is 5.30. The van der Waals surface area contributed by atoms with E-state index in [1.807, 2.05) is 45.0 Å². The molecule has 1 aliphatic rings. The van der Waals surface area contributed by atoms with Gasteiger partial charge in [0.05, 0.1) is 11.4 Å². The van der Waals surface area contributed by atoms with Crippen molar-refractivity contribution in [2.45, 2.75) is 39.8 Å². The largest absolute Gasteiger partial charge is 0.486 e. The summed E-state index contributed by atoms with van der Waals surface area (Å²) in [5.41, 5.74) is 1.01. The van der Waals surface area contributed by atoms with Crippen LogP contribution in [0.3, 0.4) is 0 Å². The maximum atomic E-state index is 13.3. The zero-order chi connectivity index (χ0) is 22.0. The van der Waals surface area contributed by atoms with Gasteiger partial charge in [0.1, 0.15) is 13.2 Å². The Balaban J connectivity index is 1.68. The van der Waals surface area contributed by atoms with Gasteiger partial charge in [-0.15, -0.1) is 0 Å². The number of carbonyl (C=O) groups excluding carboxylic acids is 1. The third kappa shape index (κ3) is 4.26. The minimum atomic E-state index is -0.310. The first kappa shape index (κ1) is 20.9. The topological polar surface area (TPSA) is 82.5 Å². The van der Waals surface area contributed by atoms with Crippen LogP contribution >= 0.6 is 0 Å². The Morgan fingerprint density at radius 3 is 2.52 bits per heavy atom. The Hall–Kier alpha value is -3.35. The Morgan fingerprint density at radius 2 is 1.81 bits per heavy atom. The summed E-state index contributed by atoms with van der Waals surface area (Å²) in [6, 6.07) is 12.6. The average Bonchev–Trinajstić information content (AvgIpc) is 2.78. The van der Waals surface area contributed by atoms with Crippen molar-refractivity contribution in [3.63, 3.8) is 0 Å². The van der Waals surface area contributed by atoms with E-state index >= 15 is 0 Å². The molecule has 0 saturated carbocycles. The second-order valence-corrected chi connectivity index (χ2v) is 8.11. The molecule has 1 N–H and O–H groups in total. The summed E-state index contributed by atoms with van der Waals surface area (Å²) >= 11 is 0. The van der Waals surface area contributed by atoms with E-state index in [1.54, 1.807) is 18.2 Å². The van der Waals surface area contributed by atoms with Gasteiger partial charge in [0.2, 0.25) is 0 Å². The van der Waals surface area contributed by atoms with Gasteiger partial charge in [-0.2, -0.15) is 5.10 Å². The van der Waals surface area contributed by atoms with Gasteiger partial charge in [-0.05, 0) is 36.1 Å². The molecule has 4 rings (SSSR count). The quantitative estimate of drug-likeness (QED) is 0.656. The highest BCUT2D eigenvalue weighted by molar-refractivity contribution is 6.04. The van der Waals surface area contributed by atoms with Gasteiger partial charge in [0.25, 0.3) is 11.5 Å². The molecule has 0 saturated heterocycles. The van der Waals surface area contributed by atoms with Crippen molar-refractivity contribution in [2.24, 2.45) is 5.92 Å². The molecule has 3 aromatic rings. The van der Waals surface area contributed by atoms with Crippen LogP contribution in [0.2, 0.25) is 0 Å². The van der Waals surface area contributed by atoms with Gasteiger partial charge in [-0.3, -0.25) is 9.59 Å². The molecule has 2 heterocycles. The Bertz CT molecular complexity index is 1170. The number of rotatable bonds is 6. The number of carbonyl (C=O) groups is 1. The number of aromatic nitrogens is 2. The number of benzene rings is 2. The average molecular weight is 421 g/mol. The molecule has 2 aromatic carbocycles. The Morgan fingerprint density at radius 1 is 1.10 bits per heavy atom. The van der Waals surface area contributed by atoms with Crippen LogP contribution in [-0.4, -0.2) is 28.9 Å². The van der Waals surface area contributed by atoms with Gasteiger partial charge in [-0.1, -0.05) is 45.0 Å². The fraction of sp³-hybridized carbons (Fsp3) is 0.375. The summed E-state index contributed by atoms with van der Waals surface area (Å²) < 4.78 is 12.7. The molecule has 7 heteroatoms. The first-order valence-electron chi connectivity index (χ1n) is 10.7. The van der Waals surface area contributed by atoms with Crippen molar-refractivity contribution >= 4 is 16.7 Å². The van der Waals surface area contributed by atoms with Gasteiger partial charge < -0.3 is 14.8 Å². The molecule has 1 aliphatic heterocycles.